The van der Waals surface area contributed by atoms with Crippen LogP contribution in [0.1, 0.15) is 245 Å². The molecule has 0 aliphatic heterocycles. The highest BCUT2D eigenvalue weighted by molar-refractivity contribution is 5.79. The molecule has 0 unspecified atom stereocenters. The van der Waals surface area contributed by atoms with Crippen molar-refractivity contribution >= 4 is 11.6 Å². The lowest BCUT2D eigenvalue weighted by Crippen LogP contribution is -2.47. The van der Waals surface area contributed by atoms with Gasteiger partial charge in [0.1, 0.15) is 11.6 Å². The van der Waals surface area contributed by atoms with Gasteiger partial charge in [0.15, 0.2) is 0 Å². The highest BCUT2D eigenvalue weighted by Crippen LogP contribution is 2.20. The predicted octanol–water partition coefficient (Wildman–Crippen LogP) is 12.9. The number of carbonyl (C=O) groups is 2. The molecule has 0 bridgehead atoms. The molecule has 0 aromatic heterocycles. The third kappa shape index (κ3) is 33.2. The molecule has 0 heterocycles. The van der Waals surface area contributed by atoms with Crippen molar-refractivity contribution in [3.8, 4) is 0 Å². The van der Waals surface area contributed by atoms with Gasteiger partial charge < -0.3 is 11.5 Å². The maximum absolute atomic E-state index is 12.5. The molecule has 0 aliphatic rings. The lowest BCUT2D eigenvalue weighted by atomic mass is 9.86. The van der Waals surface area contributed by atoms with Crippen molar-refractivity contribution in [1.29, 1.82) is 0 Å². The number of unbranched alkanes of at least 4 members (excludes halogenated alkanes) is 28. The highest BCUT2D eigenvalue weighted by atomic mass is 16.1. The number of carbonyl (C=O) groups excluding carboxylic acids is 2. The van der Waals surface area contributed by atoms with Crippen molar-refractivity contribution in [2.45, 2.75) is 251 Å². The molecule has 0 radical (unpaired) electrons. The first-order valence-corrected chi connectivity index (χ1v) is 21.0. The maximum Gasteiger partial charge on any atom is 0.132 e. The van der Waals surface area contributed by atoms with E-state index in [4.69, 9.17) is 11.5 Å². The van der Waals surface area contributed by atoms with Crippen LogP contribution in [0.4, 0.5) is 0 Å². The van der Waals surface area contributed by atoms with E-state index >= 15 is 0 Å². The fourth-order valence-electron chi connectivity index (χ4n) is 6.74. The molecule has 0 aromatic rings. The molecule has 0 aliphatic carbocycles. The van der Waals surface area contributed by atoms with Crippen LogP contribution >= 0.6 is 0 Å². The SMILES string of the molecule is CCCCCCCCCCCCCCCCCC(=O)CCC(N)(CN)CCC(=O)CCCCCCCCCCCCCCCCC. The quantitative estimate of drug-likeness (QED) is 0.0649. The molecule has 0 fully saturated rings. The number of hydrogen-bond donors (Lipinski definition) is 2. The summed E-state index contributed by atoms with van der Waals surface area (Å²) in [6.07, 6.45) is 43.7. The summed E-state index contributed by atoms with van der Waals surface area (Å²) in [6.45, 7) is 4.90. The van der Waals surface area contributed by atoms with Crippen LogP contribution in [-0.2, 0) is 9.59 Å². The van der Waals surface area contributed by atoms with Crippen LogP contribution in [0.2, 0.25) is 0 Å². The van der Waals surface area contributed by atoms with Crippen LogP contribution in [-0.4, -0.2) is 23.7 Å². The van der Waals surface area contributed by atoms with E-state index in [0.29, 0.717) is 56.6 Å². The minimum Gasteiger partial charge on any atom is -0.329 e. The van der Waals surface area contributed by atoms with E-state index in [9.17, 15) is 9.59 Å². The number of ketones is 2. The lowest BCUT2D eigenvalue weighted by molar-refractivity contribution is -0.119. The van der Waals surface area contributed by atoms with Crippen molar-refractivity contribution in [1.82, 2.24) is 0 Å². The average molecular weight is 649 g/mol. The third-order valence-corrected chi connectivity index (χ3v) is 10.3. The normalized spacial score (nSPS) is 11.8. The lowest BCUT2D eigenvalue weighted by Gasteiger charge is -2.27. The van der Waals surface area contributed by atoms with Crippen LogP contribution in [0.5, 0.6) is 0 Å². The molecule has 4 N–H and O–H groups in total. The van der Waals surface area contributed by atoms with Crippen molar-refractivity contribution in [3.63, 3.8) is 0 Å². The Kier molecular flexibility index (Phi) is 35.0. The highest BCUT2D eigenvalue weighted by Gasteiger charge is 2.25. The van der Waals surface area contributed by atoms with Gasteiger partial charge in [-0.1, -0.05) is 194 Å². The Morgan fingerprint density at radius 3 is 0.804 bits per heavy atom. The van der Waals surface area contributed by atoms with Crippen LogP contribution in [0.3, 0.4) is 0 Å². The molecule has 0 saturated carbocycles. The standard InChI is InChI=1S/C42H84N2O2/c1-3-5-7-9-11-13-15-17-19-21-23-25-27-29-31-33-40(45)35-37-42(44,39-43)38-36-41(46)34-32-30-28-26-24-22-20-18-16-14-12-10-8-6-4-2/h3-39,43-44H2,1-2H3. The van der Waals surface area contributed by atoms with Crippen molar-refractivity contribution in [2.24, 2.45) is 11.5 Å². The van der Waals surface area contributed by atoms with E-state index in [1.54, 1.807) is 0 Å². The second-order valence-electron chi connectivity index (χ2n) is 15.0. The van der Waals surface area contributed by atoms with Gasteiger partial charge in [-0.3, -0.25) is 9.59 Å². The summed E-state index contributed by atoms with van der Waals surface area (Å²) < 4.78 is 0. The summed E-state index contributed by atoms with van der Waals surface area (Å²) >= 11 is 0. The molecule has 0 aromatic carbocycles. The number of Topliss-reactive ketones (excluding diaryl/α,β-unsaturated/α-hetero) is 2. The van der Waals surface area contributed by atoms with Crippen LogP contribution in [0.25, 0.3) is 0 Å². The minimum absolute atomic E-state index is 0.308. The summed E-state index contributed by atoms with van der Waals surface area (Å²) in [5.41, 5.74) is 12.0. The second-order valence-corrected chi connectivity index (χ2v) is 15.0. The Hall–Kier alpha value is -0.740. The van der Waals surface area contributed by atoms with Gasteiger partial charge in [0.2, 0.25) is 0 Å². The average Bonchev–Trinajstić information content (AvgIpc) is 3.06. The van der Waals surface area contributed by atoms with Crippen LogP contribution < -0.4 is 11.5 Å². The number of hydrogen-bond acceptors (Lipinski definition) is 4. The summed E-state index contributed by atoms with van der Waals surface area (Å²) in [5, 5.41) is 0. The Morgan fingerprint density at radius 1 is 0.370 bits per heavy atom. The first-order valence-electron chi connectivity index (χ1n) is 21.0. The smallest absolute Gasteiger partial charge is 0.132 e. The van der Waals surface area contributed by atoms with Crippen molar-refractivity contribution in [3.05, 3.63) is 0 Å². The molecular weight excluding hydrogens is 564 g/mol. The molecule has 4 heteroatoms. The van der Waals surface area contributed by atoms with E-state index in [1.807, 2.05) is 0 Å². The molecular formula is C42H84N2O2. The van der Waals surface area contributed by atoms with Gasteiger partial charge in [-0.25, -0.2) is 0 Å². The zero-order valence-electron chi connectivity index (χ0n) is 31.6. The van der Waals surface area contributed by atoms with Gasteiger partial charge in [-0.05, 0) is 25.7 Å². The Morgan fingerprint density at radius 2 is 0.587 bits per heavy atom. The molecule has 0 spiro atoms. The monoisotopic (exact) mass is 649 g/mol. The Balaban J connectivity index is 3.61. The molecule has 0 amide bonds. The van der Waals surface area contributed by atoms with Gasteiger partial charge in [0.25, 0.3) is 0 Å². The summed E-state index contributed by atoms with van der Waals surface area (Å²) in [6, 6.07) is 0. The van der Waals surface area contributed by atoms with E-state index < -0.39 is 5.54 Å². The Bertz CT molecular complexity index is 600. The first kappa shape index (κ1) is 45.3. The topological polar surface area (TPSA) is 86.2 Å². The van der Waals surface area contributed by atoms with E-state index in [2.05, 4.69) is 13.8 Å². The molecule has 0 saturated heterocycles. The number of rotatable bonds is 39. The first-order chi connectivity index (χ1) is 22.5. The largest absolute Gasteiger partial charge is 0.329 e. The molecule has 46 heavy (non-hydrogen) atoms. The zero-order valence-corrected chi connectivity index (χ0v) is 31.6. The predicted molar refractivity (Wildman–Crippen MR) is 204 cm³/mol. The van der Waals surface area contributed by atoms with Crippen LogP contribution in [0, 0.1) is 0 Å². The molecule has 274 valence electrons. The summed E-state index contributed by atoms with van der Waals surface area (Å²) in [7, 11) is 0. The summed E-state index contributed by atoms with van der Waals surface area (Å²) in [5.74, 6) is 0.615. The Labute approximate surface area is 289 Å². The van der Waals surface area contributed by atoms with Crippen LogP contribution in [0.15, 0.2) is 0 Å². The van der Waals surface area contributed by atoms with Gasteiger partial charge in [-0.2, -0.15) is 0 Å². The minimum atomic E-state index is -0.588. The third-order valence-electron chi connectivity index (χ3n) is 10.3. The van der Waals surface area contributed by atoms with Gasteiger partial charge in [0, 0.05) is 37.8 Å². The fourth-order valence-corrected chi connectivity index (χ4v) is 6.74. The fraction of sp³-hybridized carbons (Fsp3) is 0.952. The van der Waals surface area contributed by atoms with E-state index in [-0.39, 0.29) is 0 Å². The zero-order chi connectivity index (χ0) is 33.8. The molecule has 4 nitrogen and oxygen atoms in total. The van der Waals surface area contributed by atoms with Gasteiger partial charge in [-0.15, -0.1) is 0 Å². The molecule has 0 rings (SSSR count). The van der Waals surface area contributed by atoms with E-state index in [0.717, 1.165) is 25.7 Å². The molecule has 0 atom stereocenters. The summed E-state index contributed by atoms with van der Waals surface area (Å²) in [4.78, 5) is 25.0. The van der Waals surface area contributed by atoms with Crippen molar-refractivity contribution in [2.75, 3.05) is 6.54 Å². The maximum atomic E-state index is 12.5. The van der Waals surface area contributed by atoms with E-state index in [1.165, 1.54) is 167 Å². The van der Waals surface area contributed by atoms with Crippen molar-refractivity contribution < 1.29 is 9.59 Å². The van der Waals surface area contributed by atoms with Gasteiger partial charge >= 0.3 is 0 Å². The second kappa shape index (κ2) is 35.6. The van der Waals surface area contributed by atoms with Gasteiger partial charge in [0.05, 0.1) is 0 Å². The number of nitrogens with two attached hydrogens (primary N) is 2.